The van der Waals surface area contributed by atoms with Crippen LogP contribution < -0.4 is 5.73 Å². The highest BCUT2D eigenvalue weighted by atomic mass is 32.1. The summed E-state index contributed by atoms with van der Waals surface area (Å²) in [6, 6.07) is 5.60. The Hall–Kier alpha value is -1.66. The normalized spacial score (nSPS) is 16.5. The van der Waals surface area contributed by atoms with Crippen LogP contribution in [0.3, 0.4) is 0 Å². The van der Waals surface area contributed by atoms with Crippen LogP contribution >= 0.6 is 11.3 Å². The number of hydrogen-bond donors (Lipinski definition) is 1. The molecular weight excluding hydrogens is 286 g/mol. The molecule has 1 saturated heterocycles. The highest BCUT2D eigenvalue weighted by Crippen LogP contribution is 2.26. The molecule has 0 saturated carbocycles. The zero-order valence-electron chi connectivity index (χ0n) is 12.0. The van der Waals surface area contributed by atoms with Crippen molar-refractivity contribution < 1.29 is 9.53 Å². The van der Waals surface area contributed by atoms with Gasteiger partial charge in [0.05, 0.1) is 10.2 Å². The Morgan fingerprint density at radius 3 is 2.95 bits per heavy atom. The number of methoxy groups -OCH3 is 1. The summed E-state index contributed by atoms with van der Waals surface area (Å²) in [5.41, 5.74) is 7.28. The van der Waals surface area contributed by atoms with Gasteiger partial charge in [0.25, 0.3) is 5.91 Å². The standard InChI is InChI=1S/C15H19N3O2S/c1-20-9-10-4-6-18(7-5-10)14(19)11-2-3-12-13(8-11)21-15(16)17-12/h2-3,8,10H,4-7,9H2,1H3,(H2,16,17). The number of fused-ring (bicyclic) bond motifs is 1. The number of amides is 1. The number of carbonyl (C=O) groups excluding carboxylic acids is 1. The van der Waals surface area contributed by atoms with Gasteiger partial charge in [-0.3, -0.25) is 4.79 Å². The quantitative estimate of drug-likeness (QED) is 0.945. The van der Waals surface area contributed by atoms with E-state index in [0.717, 1.165) is 48.3 Å². The average molecular weight is 305 g/mol. The molecule has 6 heteroatoms. The number of rotatable bonds is 3. The summed E-state index contributed by atoms with van der Waals surface area (Å²) in [6.07, 6.45) is 2.02. The maximum Gasteiger partial charge on any atom is 0.253 e. The van der Waals surface area contributed by atoms with Gasteiger partial charge in [-0.05, 0) is 37.0 Å². The van der Waals surface area contributed by atoms with Crippen molar-refractivity contribution in [3.8, 4) is 0 Å². The van der Waals surface area contributed by atoms with Gasteiger partial charge >= 0.3 is 0 Å². The predicted molar refractivity (Wildman–Crippen MR) is 84.5 cm³/mol. The zero-order valence-corrected chi connectivity index (χ0v) is 12.9. The van der Waals surface area contributed by atoms with Crippen molar-refractivity contribution in [2.45, 2.75) is 12.8 Å². The average Bonchev–Trinajstić information content (AvgIpc) is 2.86. The summed E-state index contributed by atoms with van der Waals surface area (Å²) >= 11 is 1.42. The van der Waals surface area contributed by atoms with Gasteiger partial charge in [-0.15, -0.1) is 0 Å². The van der Waals surface area contributed by atoms with Crippen LogP contribution in [0.1, 0.15) is 23.2 Å². The molecule has 1 aromatic heterocycles. The molecule has 0 spiro atoms. The van der Waals surface area contributed by atoms with Crippen LogP contribution in [0.25, 0.3) is 10.2 Å². The molecule has 112 valence electrons. The molecule has 1 aliphatic rings. The van der Waals surface area contributed by atoms with E-state index in [1.807, 2.05) is 23.1 Å². The maximum atomic E-state index is 12.6. The second kappa shape index (κ2) is 5.99. The second-order valence-electron chi connectivity index (χ2n) is 5.43. The molecule has 1 amide bonds. The summed E-state index contributed by atoms with van der Waals surface area (Å²) in [6.45, 7) is 2.39. The fourth-order valence-electron chi connectivity index (χ4n) is 2.80. The van der Waals surface area contributed by atoms with Gasteiger partial charge in [-0.1, -0.05) is 11.3 Å². The van der Waals surface area contributed by atoms with Crippen LogP contribution in [0.2, 0.25) is 0 Å². The highest BCUT2D eigenvalue weighted by Gasteiger charge is 2.23. The molecule has 0 radical (unpaired) electrons. The third-order valence-corrected chi connectivity index (χ3v) is 4.80. The van der Waals surface area contributed by atoms with Crippen molar-refractivity contribution in [2.24, 2.45) is 5.92 Å². The lowest BCUT2D eigenvalue weighted by atomic mass is 9.97. The van der Waals surface area contributed by atoms with E-state index in [0.29, 0.717) is 11.0 Å². The van der Waals surface area contributed by atoms with Crippen LogP contribution in [0, 0.1) is 5.92 Å². The maximum absolute atomic E-state index is 12.6. The number of benzene rings is 1. The van der Waals surface area contributed by atoms with Crippen LogP contribution in [-0.4, -0.2) is 42.6 Å². The molecule has 5 nitrogen and oxygen atoms in total. The third-order valence-electron chi connectivity index (χ3n) is 3.96. The second-order valence-corrected chi connectivity index (χ2v) is 6.49. The lowest BCUT2D eigenvalue weighted by molar-refractivity contribution is 0.0614. The van der Waals surface area contributed by atoms with E-state index in [1.165, 1.54) is 11.3 Å². The summed E-state index contributed by atoms with van der Waals surface area (Å²) in [5, 5.41) is 0.537. The van der Waals surface area contributed by atoms with Gasteiger partial charge in [-0.2, -0.15) is 0 Å². The van der Waals surface area contributed by atoms with Gasteiger partial charge in [0.1, 0.15) is 0 Å². The first-order valence-electron chi connectivity index (χ1n) is 7.11. The van der Waals surface area contributed by atoms with Crippen molar-refractivity contribution >= 4 is 32.6 Å². The van der Waals surface area contributed by atoms with Crippen LogP contribution in [0.4, 0.5) is 5.13 Å². The molecule has 0 bridgehead atoms. The van der Waals surface area contributed by atoms with Gasteiger partial charge in [0.2, 0.25) is 0 Å². The molecule has 1 aliphatic heterocycles. The Kier molecular flexibility index (Phi) is 4.07. The highest BCUT2D eigenvalue weighted by molar-refractivity contribution is 7.22. The molecule has 1 fully saturated rings. The van der Waals surface area contributed by atoms with E-state index in [1.54, 1.807) is 7.11 Å². The molecular formula is C15H19N3O2S. The molecule has 2 heterocycles. The largest absolute Gasteiger partial charge is 0.384 e. The van der Waals surface area contributed by atoms with Crippen molar-refractivity contribution in [3.05, 3.63) is 23.8 Å². The Balaban J connectivity index is 1.72. The van der Waals surface area contributed by atoms with Gasteiger partial charge in [-0.25, -0.2) is 4.98 Å². The first-order chi connectivity index (χ1) is 10.2. The summed E-state index contributed by atoms with van der Waals surface area (Å²) < 4.78 is 6.16. The number of hydrogen-bond acceptors (Lipinski definition) is 5. The summed E-state index contributed by atoms with van der Waals surface area (Å²) in [7, 11) is 1.73. The molecule has 21 heavy (non-hydrogen) atoms. The number of piperidine rings is 1. The van der Waals surface area contributed by atoms with E-state index in [4.69, 9.17) is 10.5 Å². The van der Waals surface area contributed by atoms with Crippen molar-refractivity contribution in [2.75, 3.05) is 32.5 Å². The molecule has 3 rings (SSSR count). The Morgan fingerprint density at radius 1 is 1.48 bits per heavy atom. The number of nitrogen functional groups attached to an aromatic ring is 1. The van der Waals surface area contributed by atoms with Crippen molar-refractivity contribution in [1.29, 1.82) is 0 Å². The van der Waals surface area contributed by atoms with E-state index in [2.05, 4.69) is 4.98 Å². The molecule has 2 aromatic rings. The van der Waals surface area contributed by atoms with Crippen LogP contribution in [-0.2, 0) is 4.74 Å². The topological polar surface area (TPSA) is 68.5 Å². The van der Waals surface area contributed by atoms with Crippen molar-refractivity contribution in [1.82, 2.24) is 9.88 Å². The minimum atomic E-state index is 0.0970. The number of nitrogens with two attached hydrogens (primary N) is 1. The number of likely N-dealkylation sites (tertiary alicyclic amines) is 1. The van der Waals surface area contributed by atoms with Gasteiger partial charge in [0.15, 0.2) is 5.13 Å². The fourth-order valence-corrected chi connectivity index (χ4v) is 3.57. The first-order valence-corrected chi connectivity index (χ1v) is 7.93. The number of aromatic nitrogens is 1. The SMILES string of the molecule is COCC1CCN(C(=O)c2ccc3nc(N)sc3c2)CC1. The summed E-state index contributed by atoms with van der Waals surface area (Å²) in [5.74, 6) is 0.669. The van der Waals surface area contributed by atoms with Crippen molar-refractivity contribution in [3.63, 3.8) is 0 Å². The third kappa shape index (κ3) is 3.01. The van der Waals surface area contributed by atoms with Crippen LogP contribution in [0.5, 0.6) is 0 Å². The number of thiazole rings is 1. The van der Waals surface area contributed by atoms with Crippen LogP contribution in [0.15, 0.2) is 18.2 Å². The first kappa shape index (κ1) is 14.3. The lowest BCUT2D eigenvalue weighted by Crippen LogP contribution is -2.39. The molecule has 1 aromatic carbocycles. The molecule has 2 N–H and O–H groups in total. The predicted octanol–water partition coefficient (Wildman–Crippen LogP) is 2.38. The van der Waals surface area contributed by atoms with E-state index in [9.17, 15) is 4.79 Å². The number of nitrogens with zero attached hydrogens (tertiary/aromatic N) is 2. The molecule has 0 atom stereocenters. The fraction of sp³-hybridized carbons (Fsp3) is 0.467. The Bertz CT molecular complexity index is 647. The Morgan fingerprint density at radius 2 is 2.24 bits per heavy atom. The monoisotopic (exact) mass is 305 g/mol. The molecule has 0 unspecified atom stereocenters. The molecule has 0 aliphatic carbocycles. The zero-order chi connectivity index (χ0) is 14.8. The number of anilines is 1. The van der Waals surface area contributed by atoms with Gasteiger partial charge < -0.3 is 15.4 Å². The lowest BCUT2D eigenvalue weighted by Gasteiger charge is -2.31. The van der Waals surface area contributed by atoms with E-state index < -0.39 is 0 Å². The Labute approximate surface area is 127 Å². The minimum absolute atomic E-state index is 0.0970. The number of carbonyl (C=O) groups is 1. The van der Waals surface area contributed by atoms with E-state index >= 15 is 0 Å². The minimum Gasteiger partial charge on any atom is -0.384 e. The van der Waals surface area contributed by atoms with E-state index in [-0.39, 0.29) is 5.91 Å². The smallest absolute Gasteiger partial charge is 0.253 e. The number of ether oxygens (including phenoxy) is 1. The summed E-state index contributed by atoms with van der Waals surface area (Å²) in [4.78, 5) is 18.7. The van der Waals surface area contributed by atoms with Gasteiger partial charge in [0, 0.05) is 32.4 Å².